The third-order valence-corrected chi connectivity index (χ3v) is 0.716. The Morgan fingerprint density at radius 3 is 3.33 bits per heavy atom. The van der Waals surface area contributed by atoms with Crippen LogP contribution in [-0.2, 0) is 0 Å². The summed E-state index contributed by atoms with van der Waals surface area (Å²) in [4.78, 5) is 2.97. The first-order valence-corrected chi connectivity index (χ1v) is 2.11. The Morgan fingerprint density at radius 2 is 2.67 bits per heavy atom. The zero-order chi connectivity index (χ0) is 9.30. The molecule has 1 aromatic heterocycles. The highest BCUT2D eigenvalue weighted by atomic mass is 19.1. The highest BCUT2D eigenvalue weighted by molar-refractivity contribution is 5.25. The molecule has 0 unspecified atom stereocenters. The summed E-state index contributed by atoms with van der Waals surface area (Å²) in [6, 6.07) is 0.281. The van der Waals surface area contributed by atoms with Crippen molar-refractivity contribution < 1.29 is 8.50 Å². The third-order valence-electron chi connectivity index (χ3n) is 0.716. The quantitative estimate of drug-likeness (QED) is 0.486. The molecule has 0 aliphatic heterocycles. The first-order chi connectivity index (χ1) is 5.57. The van der Waals surface area contributed by atoms with Gasteiger partial charge in [-0.1, -0.05) is 0 Å². The highest BCUT2D eigenvalue weighted by Crippen LogP contribution is 1.98. The van der Waals surface area contributed by atoms with Gasteiger partial charge < -0.3 is 0 Å². The fraction of sp³-hybridized carbons (Fsp3) is 0. The van der Waals surface area contributed by atoms with Gasteiger partial charge in [0, 0.05) is 6.17 Å². The maximum atomic E-state index is 12.6. The summed E-state index contributed by atoms with van der Waals surface area (Å²) in [5, 5.41) is 8.32. The van der Waals surface area contributed by atoms with Crippen LogP contribution < -0.4 is 0 Å². The topological polar surface area (TPSA) is 36.7 Å². The van der Waals surface area contributed by atoms with Crippen LogP contribution in [0.15, 0.2) is 18.3 Å². The standard InChI is InChI=1S/C6H3FN2/c7-6-5(4-8)2-1-3-9-6/h1-3H/i1D,2D,3D. The van der Waals surface area contributed by atoms with E-state index in [2.05, 4.69) is 4.98 Å². The molecule has 1 heterocycles. The van der Waals surface area contributed by atoms with Gasteiger partial charge in [-0.3, -0.25) is 0 Å². The summed E-state index contributed by atoms with van der Waals surface area (Å²) in [7, 11) is 0. The second-order valence-electron chi connectivity index (χ2n) is 1.25. The van der Waals surface area contributed by atoms with E-state index in [0.29, 0.717) is 0 Å². The van der Waals surface area contributed by atoms with Gasteiger partial charge >= 0.3 is 0 Å². The minimum atomic E-state index is -1.16. The van der Waals surface area contributed by atoms with E-state index in [4.69, 9.17) is 9.37 Å². The molecule has 0 radical (unpaired) electrons. The van der Waals surface area contributed by atoms with Crippen molar-refractivity contribution in [3.05, 3.63) is 29.8 Å². The van der Waals surface area contributed by atoms with Crippen LogP contribution in [0, 0.1) is 17.3 Å². The summed E-state index contributed by atoms with van der Waals surface area (Å²) in [5.41, 5.74) is -0.587. The molecular weight excluding hydrogens is 119 g/mol. The van der Waals surface area contributed by atoms with Gasteiger partial charge in [-0.2, -0.15) is 9.65 Å². The van der Waals surface area contributed by atoms with Crippen LogP contribution in [0.4, 0.5) is 4.39 Å². The minimum absolute atomic E-state index is 0.534. The second-order valence-corrected chi connectivity index (χ2v) is 1.25. The van der Waals surface area contributed by atoms with E-state index >= 15 is 0 Å². The summed E-state index contributed by atoms with van der Waals surface area (Å²) in [5.74, 6) is -1.16. The van der Waals surface area contributed by atoms with Crippen LogP contribution in [0.25, 0.3) is 0 Å². The molecule has 0 aliphatic carbocycles. The van der Waals surface area contributed by atoms with E-state index in [9.17, 15) is 4.39 Å². The summed E-state index contributed by atoms with van der Waals surface area (Å²) in [6.07, 6.45) is -0.628. The van der Waals surface area contributed by atoms with E-state index in [1.54, 1.807) is 0 Å². The number of hydrogen-bond acceptors (Lipinski definition) is 2. The first-order valence-electron chi connectivity index (χ1n) is 3.61. The molecule has 0 spiro atoms. The second kappa shape index (κ2) is 2.23. The van der Waals surface area contributed by atoms with Crippen LogP contribution in [-0.4, -0.2) is 4.98 Å². The lowest BCUT2D eigenvalue weighted by molar-refractivity contribution is 0.580. The maximum Gasteiger partial charge on any atom is 0.230 e. The lowest BCUT2D eigenvalue weighted by Crippen LogP contribution is -1.84. The molecule has 0 bridgehead atoms. The average Bonchev–Trinajstić information content (AvgIpc) is 2.01. The predicted molar refractivity (Wildman–Crippen MR) is 28.9 cm³/mol. The number of hydrogen-bond donors (Lipinski definition) is 0. The number of pyridine rings is 1. The molecule has 9 heavy (non-hydrogen) atoms. The van der Waals surface area contributed by atoms with Crippen LogP contribution in [0.1, 0.15) is 9.68 Å². The van der Waals surface area contributed by atoms with Gasteiger partial charge in [0.05, 0.1) is 4.11 Å². The molecule has 0 amide bonds. The molecule has 0 aromatic carbocycles. The van der Waals surface area contributed by atoms with Crippen LogP contribution in [0.5, 0.6) is 0 Å². The molecule has 0 atom stereocenters. The zero-order valence-electron chi connectivity index (χ0n) is 7.27. The van der Waals surface area contributed by atoms with E-state index in [1.807, 2.05) is 0 Å². The van der Waals surface area contributed by atoms with Crippen molar-refractivity contribution in [3.63, 3.8) is 0 Å². The summed E-state index contributed by atoms with van der Waals surface area (Å²) in [6.45, 7) is 0. The van der Waals surface area contributed by atoms with E-state index < -0.39 is 29.8 Å². The zero-order valence-corrected chi connectivity index (χ0v) is 4.27. The van der Waals surface area contributed by atoms with Gasteiger partial charge in [0.25, 0.3) is 0 Å². The molecule has 0 saturated carbocycles. The lowest BCUT2D eigenvalue weighted by atomic mass is 10.3. The molecule has 0 N–H and O–H groups in total. The molecule has 3 heteroatoms. The summed E-state index contributed by atoms with van der Waals surface area (Å²) >= 11 is 0. The Hall–Kier alpha value is -1.43. The summed E-state index contributed by atoms with van der Waals surface area (Å²) < 4.78 is 33.6. The lowest BCUT2D eigenvalue weighted by Gasteiger charge is -1.85. The van der Waals surface area contributed by atoms with Crippen LogP contribution in [0.2, 0.25) is 0 Å². The minimum Gasteiger partial charge on any atom is -0.227 e. The fourth-order valence-corrected chi connectivity index (χ4v) is 0.349. The monoisotopic (exact) mass is 125 g/mol. The Kier molecular flexibility index (Phi) is 0.723. The van der Waals surface area contributed by atoms with Crippen LogP contribution >= 0.6 is 0 Å². The Bertz CT molecular complexity index is 372. The molecule has 1 rings (SSSR count). The molecule has 0 aliphatic rings. The van der Waals surface area contributed by atoms with E-state index in [1.165, 1.54) is 6.07 Å². The molecule has 0 fully saturated rings. The van der Waals surface area contributed by atoms with E-state index in [-0.39, 0.29) is 0 Å². The van der Waals surface area contributed by atoms with Gasteiger partial charge in [-0.25, -0.2) is 4.98 Å². The largest absolute Gasteiger partial charge is 0.230 e. The molecular formula is C6H3FN2. The van der Waals surface area contributed by atoms with Crippen LogP contribution in [0.3, 0.4) is 0 Å². The van der Waals surface area contributed by atoms with Crippen molar-refractivity contribution in [2.45, 2.75) is 0 Å². The fourth-order valence-electron chi connectivity index (χ4n) is 0.349. The van der Waals surface area contributed by atoms with Gasteiger partial charge in [0.2, 0.25) is 5.95 Å². The predicted octanol–water partition coefficient (Wildman–Crippen LogP) is 1.09. The normalized spacial score (nSPS) is 13.1. The molecule has 2 nitrogen and oxygen atoms in total. The Balaban J connectivity index is 3.54. The van der Waals surface area contributed by atoms with Gasteiger partial charge in [0.15, 0.2) is 0 Å². The number of nitriles is 1. The van der Waals surface area contributed by atoms with Crippen molar-refractivity contribution in [2.24, 2.45) is 0 Å². The van der Waals surface area contributed by atoms with Crippen molar-refractivity contribution >= 4 is 0 Å². The maximum absolute atomic E-state index is 12.6. The van der Waals surface area contributed by atoms with Crippen molar-refractivity contribution in [3.8, 4) is 6.07 Å². The van der Waals surface area contributed by atoms with Gasteiger partial charge in [-0.15, -0.1) is 0 Å². The molecule has 44 valence electrons. The smallest absolute Gasteiger partial charge is 0.227 e. The van der Waals surface area contributed by atoms with Gasteiger partial charge in [-0.05, 0) is 12.1 Å². The average molecular weight is 125 g/mol. The first kappa shape index (κ1) is 2.92. The number of aromatic nitrogens is 1. The van der Waals surface area contributed by atoms with Crippen molar-refractivity contribution in [1.29, 1.82) is 5.26 Å². The van der Waals surface area contributed by atoms with E-state index in [0.717, 1.165) is 0 Å². The molecule has 1 aromatic rings. The number of rotatable bonds is 0. The van der Waals surface area contributed by atoms with Crippen molar-refractivity contribution in [2.75, 3.05) is 0 Å². The number of halogens is 1. The SMILES string of the molecule is [2H]c1nc(F)c(C#N)c([2H])c1[2H]. The highest BCUT2D eigenvalue weighted by Gasteiger charge is 1.96. The Morgan fingerprint density at radius 1 is 1.89 bits per heavy atom. The third kappa shape index (κ3) is 1.03. The molecule has 0 saturated heterocycles. The van der Waals surface area contributed by atoms with Crippen molar-refractivity contribution in [1.82, 2.24) is 4.98 Å². The number of nitrogens with zero attached hydrogens (tertiary/aromatic N) is 2. The van der Waals surface area contributed by atoms with Gasteiger partial charge in [0.1, 0.15) is 11.6 Å². The Labute approximate surface area is 55.8 Å².